The molecule has 1 fully saturated rings. The van der Waals surface area contributed by atoms with E-state index in [9.17, 15) is 9.18 Å². The largest absolute Gasteiger partial charge is 0.368 e. The lowest BCUT2D eigenvalue weighted by Crippen LogP contribution is -2.26. The molecule has 80 valence electrons. The molecular formula is C11H12FNO2. The summed E-state index contributed by atoms with van der Waals surface area (Å²) in [4.78, 5) is 11.6. The fourth-order valence-electron chi connectivity index (χ4n) is 1.54. The summed E-state index contributed by atoms with van der Waals surface area (Å²) in [5.74, 6) is -0.468. The number of benzene rings is 1. The standard InChI is InChI=1S/C11H12FNO2/c12-8-3-5-9(6-4-8)13-11(14)10-2-1-7-15-10/h3-6,10H,1-2,7H2,(H,13,14)/t10-/m1/s1. The highest BCUT2D eigenvalue weighted by molar-refractivity contribution is 5.94. The quantitative estimate of drug-likeness (QED) is 0.808. The second-order valence-corrected chi connectivity index (χ2v) is 3.50. The van der Waals surface area contributed by atoms with Gasteiger partial charge in [-0.1, -0.05) is 0 Å². The van der Waals surface area contributed by atoms with Crippen LogP contribution in [0.25, 0.3) is 0 Å². The Hall–Kier alpha value is -1.42. The van der Waals surface area contributed by atoms with Gasteiger partial charge in [0.2, 0.25) is 0 Å². The SMILES string of the molecule is O=C(Nc1ccc(F)cc1)[C@H]1CCCO1. The number of anilines is 1. The summed E-state index contributed by atoms with van der Waals surface area (Å²) in [6.07, 6.45) is 1.32. The molecule has 4 heteroatoms. The number of halogens is 1. The predicted molar refractivity (Wildman–Crippen MR) is 54.0 cm³/mol. The minimum Gasteiger partial charge on any atom is -0.368 e. The van der Waals surface area contributed by atoms with Crippen molar-refractivity contribution in [3.8, 4) is 0 Å². The fourth-order valence-corrected chi connectivity index (χ4v) is 1.54. The van der Waals surface area contributed by atoms with Gasteiger partial charge < -0.3 is 10.1 Å². The number of carbonyl (C=O) groups excluding carboxylic acids is 1. The van der Waals surface area contributed by atoms with Crippen LogP contribution >= 0.6 is 0 Å². The van der Waals surface area contributed by atoms with Crippen molar-refractivity contribution < 1.29 is 13.9 Å². The molecule has 1 aliphatic heterocycles. The van der Waals surface area contributed by atoms with Crippen molar-refractivity contribution in [3.05, 3.63) is 30.1 Å². The molecule has 3 nitrogen and oxygen atoms in total. The van der Waals surface area contributed by atoms with Gasteiger partial charge in [-0.25, -0.2) is 4.39 Å². The Morgan fingerprint density at radius 1 is 1.40 bits per heavy atom. The zero-order valence-electron chi connectivity index (χ0n) is 8.20. The van der Waals surface area contributed by atoms with Crippen LogP contribution in [0.1, 0.15) is 12.8 Å². The van der Waals surface area contributed by atoms with Crippen LogP contribution in [0.3, 0.4) is 0 Å². The molecule has 1 aromatic carbocycles. The second kappa shape index (κ2) is 4.40. The maximum Gasteiger partial charge on any atom is 0.253 e. The molecule has 0 spiro atoms. The Kier molecular flexibility index (Phi) is 2.97. The van der Waals surface area contributed by atoms with Crippen LogP contribution in [0.4, 0.5) is 10.1 Å². The Morgan fingerprint density at radius 2 is 2.13 bits per heavy atom. The number of amides is 1. The van der Waals surface area contributed by atoms with E-state index in [-0.39, 0.29) is 17.8 Å². The van der Waals surface area contributed by atoms with E-state index in [0.29, 0.717) is 12.3 Å². The van der Waals surface area contributed by atoms with Crippen LogP contribution < -0.4 is 5.32 Å². The van der Waals surface area contributed by atoms with Gasteiger partial charge in [0, 0.05) is 12.3 Å². The van der Waals surface area contributed by atoms with E-state index in [0.717, 1.165) is 12.8 Å². The van der Waals surface area contributed by atoms with Gasteiger partial charge >= 0.3 is 0 Å². The molecular weight excluding hydrogens is 197 g/mol. The van der Waals surface area contributed by atoms with Gasteiger partial charge in [0.05, 0.1) is 0 Å². The lowest BCUT2D eigenvalue weighted by molar-refractivity contribution is -0.124. The molecule has 0 radical (unpaired) electrons. The average molecular weight is 209 g/mol. The first kappa shape index (κ1) is 10.1. The lowest BCUT2D eigenvalue weighted by atomic mass is 10.2. The van der Waals surface area contributed by atoms with E-state index in [4.69, 9.17) is 4.74 Å². The van der Waals surface area contributed by atoms with Crippen LogP contribution in [0.2, 0.25) is 0 Å². The summed E-state index contributed by atoms with van der Waals surface area (Å²) >= 11 is 0. The van der Waals surface area contributed by atoms with Crippen LogP contribution in [0.15, 0.2) is 24.3 Å². The van der Waals surface area contributed by atoms with Gasteiger partial charge in [-0.05, 0) is 37.1 Å². The van der Waals surface area contributed by atoms with E-state index in [2.05, 4.69) is 5.32 Å². The molecule has 1 atom stereocenters. The van der Waals surface area contributed by atoms with Crippen LogP contribution in [-0.2, 0) is 9.53 Å². The van der Waals surface area contributed by atoms with Crippen molar-refractivity contribution in [3.63, 3.8) is 0 Å². The third-order valence-corrected chi connectivity index (χ3v) is 2.33. The fraction of sp³-hybridized carbons (Fsp3) is 0.364. The Bertz CT molecular complexity index is 344. The normalized spacial score (nSPS) is 20.2. The molecule has 2 rings (SSSR count). The molecule has 0 aromatic heterocycles. The van der Waals surface area contributed by atoms with Crippen molar-refractivity contribution in [1.82, 2.24) is 0 Å². The molecule has 0 unspecified atom stereocenters. The molecule has 15 heavy (non-hydrogen) atoms. The van der Waals surface area contributed by atoms with E-state index in [1.54, 1.807) is 0 Å². The lowest BCUT2D eigenvalue weighted by Gasteiger charge is -2.09. The third kappa shape index (κ3) is 2.53. The first-order valence-corrected chi connectivity index (χ1v) is 4.94. The topological polar surface area (TPSA) is 38.3 Å². The molecule has 0 saturated carbocycles. The molecule has 1 amide bonds. The zero-order valence-corrected chi connectivity index (χ0v) is 8.20. The Balaban J connectivity index is 1.96. The summed E-state index contributed by atoms with van der Waals surface area (Å²) in [7, 11) is 0. The van der Waals surface area contributed by atoms with Crippen molar-refractivity contribution >= 4 is 11.6 Å². The molecule has 1 aliphatic rings. The summed E-state index contributed by atoms with van der Waals surface area (Å²) in [6.45, 7) is 0.640. The second-order valence-electron chi connectivity index (χ2n) is 3.50. The van der Waals surface area contributed by atoms with Crippen molar-refractivity contribution in [1.29, 1.82) is 0 Å². The Morgan fingerprint density at radius 3 is 2.73 bits per heavy atom. The molecule has 0 aliphatic carbocycles. The number of rotatable bonds is 2. The highest BCUT2D eigenvalue weighted by Gasteiger charge is 2.23. The molecule has 0 bridgehead atoms. The van der Waals surface area contributed by atoms with Gasteiger partial charge in [0.1, 0.15) is 11.9 Å². The summed E-state index contributed by atoms with van der Waals surface area (Å²) in [5, 5.41) is 2.68. The van der Waals surface area contributed by atoms with Gasteiger partial charge in [0.15, 0.2) is 0 Å². The van der Waals surface area contributed by atoms with Gasteiger partial charge in [0.25, 0.3) is 5.91 Å². The zero-order chi connectivity index (χ0) is 10.7. The monoisotopic (exact) mass is 209 g/mol. The van der Waals surface area contributed by atoms with E-state index in [1.807, 2.05) is 0 Å². The van der Waals surface area contributed by atoms with Crippen LogP contribution in [-0.4, -0.2) is 18.6 Å². The molecule has 1 saturated heterocycles. The first-order valence-electron chi connectivity index (χ1n) is 4.94. The number of hydrogen-bond acceptors (Lipinski definition) is 2. The maximum absolute atomic E-state index is 12.6. The first-order chi connectivity index (χ1) is 7.25. The van der Waals surface area contributed by atoms with Crippen molar-refractivity contribution in [2.45, 2.75) is 18.9 Å². The Labute approximate surface area is 87.2 Å². The molecule has 1 N–H and O–H groups in total. The highest BCUT2D eigenvalue weighted by Crippen LogP contribution is 2.15. The smallest absolute Gasteiger partial charge is 0.253 e. The van der Waals surface area contributed by atoms with E-state index in [1.165, 1.54) is 24.3 Å². The number of hydrogen-bond donors (Lipinski definition) is 1. The van der Waals surface area contributed by atoms with Crippen molar-refractivity contribution in [2.75, 3.05) is 11.9 Å². The van der Waals surface area contributed by atoms with E-state index < -0.39 is 0 Å². The third-order valence-electron chi connectivity index (χ3n) is 2.33. The molecule has 1 heterocycles. The van der Waals surface area contributed by atoms with Crippen LogP contribution in [0, 0.1) is 5.82 Å². The minimum atomic E-state index is -0.352. The van der Waals surface area contributed by atoms with Gasteiger partial charge in [-0.2, -0.15) is 0 Å². The molecule has 1 aromatic rings. The summed E-state index contributed by atoms with van der Waals surface area (Å²) in [6, 6.07) is 5.68. The maximum atomic E-state index is 12.6. The van der Waals surface area contributed by atoms with Crippen molar-refractivity contribution in [2.24, 2.45) is 0 Å². The summed E-state index contributed by atoms with van der Waals surface area (Å²) < 4.78 is 17.8. The van der Waals surface area contributed by atoms with Crippen LogP contribution in [0.5, 0.6) is 0 Å². The minimum absolute atomic E-state index is 0.154. The summed E-state index contributed by atoms with van der Waals surface area (Å²) in [5.41, 5.74) is 0.594. The van der Waals surface area contributed by atoms with Gasteiger partial charge in [-0.3, -0.25) is 4.79 Å². The number of nitrogens with one attached hydrogen (secondary N) is 1. The highest BCUT2D eigenvalue weighted by atomic mass is 19.1. The van der Waals surface area contributed by atoms with E-state index >= 15 is 0 Å². The number of carbonyl (C=O) groups is 1. The predicted octanol–water partition coefficient (Wildman–Crippen LogP) is 1.94. The average Bonchev–Trinajstić information content (AvgIpc) is 2.74. The number of ether oxygens (including phenoxy) is 1. The van der Waals surface area contributed by atoms with Gasteiger partial charge in [-0.15, -0.1) is 0 Å².